The van der Waals surface area contributed by atoms with Crippen molar-refractivity contribution >= 4 is 13.8 Å². The van der Waals surface area contributed by atoms with Gasteiger partial charge < -0.3 is 19.0 Å². The van der Waals surface area contributed by atoms with Crippen LogP contribution in [-0.2, 0) is 18.6 Å². The molecule has 20 heavy (non-hydrogen) atoms. The Kier molecular flexibility index (Phi) is 8.23. The van der Waals surface area contributed by atoms with Gasteiger partial charge in [0.2, 0.25) is 0 Å². The van der Waals surface area contributed by atoms with Gasteiger partial charge >= 0.3 is 13.8 Å². The summed E-state index contributed by atoms with van der Waals surface area (Å²) >= 11 is 0. The highest BCUT2D eigenvalue weighted by Crippen LogP contribution is 2.35. The molecule has 0 aromatic rings. The van der Waals surface area contributed by atoms with E-state index in [1.54, 1.807) is 0 Å². The van der Waals surface area contributed by atoms with E-state index in [1.807, 2.05) is 21.1 Å². The lowest BCUT2D eigenvalue weighted by Crippen LogP contribution is -2.45. The number of carbonyl (C=O) groups is 1. The van der Waals surface area contributed by atoms with Crippen LogP contribution in [0.25, 0.3) is 0 Å². The molecule has 0 rings (SSSR count). The number of rotatable bonds is 10. The van der Waals surface area contributed by atoms with Gasteiger partial charge in [-0.2, -0.15) is 0 Å². The molecule has 0 radical (unpaired) electrons. The van der Waals surface area contributed by atoms with E-state index < -0.39 is 13.8 Å². The maximum absolute atomic E-state index is 11.0. The number of nitrogens with zero attached hydrogens (tertiary/aromatic N) is 1. The van der Waals surface area contributed by atoms with Crippen LogP contribution in [0.2, 0.25) is 0 Å². The smallest absolute Gasteiger partial charge is 0.462 e. The molecule has 0 aliphatic carbocycles. The summed E-state index contributed by atoms with van der Waals surface area (Å²) in [6.07, 6.45) is 3.03. The first-order chi connectivity index (χ1) is 9.06. The highest BCUT2D eigenvalue weighted by Gasteiger charge is 2.24. The van der Waals surface area contributed by atoms with Crippen LogP contribution in [-0.4, -0.2) is 60.6 Å². The van der Waals surface area contributed by atoms with Crippen LogP contribution >= 0.6 is 7.82 Å². The van der Waals surface area contributed by atoms with E-state index >= 15 is 0 Å². The van der Waals surface area contributed by atoms with Gasteiger partial charge in [0, 0.05) is 18.9 Å². The lowest BCUT2D eigenvalue weighted by molar-refractivity contribution is -0.896. The number of ether oxygens (including phenoxy) is 1. The summed E-state index contributed by atoms with van der Waals surface area (Å²) in [6.45, 7) is 3.63. The Morgan fingerprint density at radius 1 is 1.30 bits per heavy atom. The number of esters is 1. The fourth-order valence-electron chi connectivity index (χ4n) is 1.78. The van der Waals surface area contributed by atoms with E-state index in [2.05, 4.69) is 11.1 Å². The zero-order valence-electron chi connectivity index (χ0n) is 12.3. The molecule has 0 fully saturated rings. The Hall–Kier alpha value is -0.720. The number of hydrogen-bond acceptors (Lipinski definition) is 4. The van der Waals surface area contributed by atoms with Crippen LogP contribution in [0.5, 0.6) is 0 Å². The molecule has 0 aromatic carbocycles. The van der Waals surface area contributed by atoms with Crippen molar-refractivity contribution in [1.29, 1.82) is 0 Å². The van der Waals surface area contributed by atoms with E-state index in [9.17, 15) is 9.36 Å². The summed E-state index contributed by atoms with van der Waals surface area (Å²) in [7, 11) is 1.66. The summed E-state index contributed by atoms with van der Waals surface area (Å²) < 4.78 is 20.6. The number of phosphoric ester groups is 1. The molecule has 0 saturated carbocycles. The summed E-state index contributed by atoms with van der Waals surface area (Å²) in [5.41, 5.74) is 0. The van der Waals surface area contributed by atoms with Gasteiger partial charge in [-0.3, -0.25) is 4.52 Å². The molecular formula is C12H25NO6P+. The molecule has 7 nitrogen and oxygen atoms in total. The predicted octanol–water partition coefficient (Wildman–Crippen LogP) is 1.07. The molecule has 8 heteroatoms. The van der Waals surface area contributed by atoms with Crippen molar-refractivity contribution in [2.75, 3.05) is 34.4 Å². The maximum Gasteiger partial charge on any atom is 0.469 e. The largest absolute Gasteiger partial charge is 0.469 e. The third-order valence-electron chi connectivity index (χ3n) is 2.90. The Morgan fingerprint density at radius 3 is 2.35 bits per heavy atom. The minimum absolute atomic E-state index is 0.00717. The summed E-state index contributed by atoms with van der Waals surface area (Å²) in [4.78, 5) is 28.1. The van der Waals surface area contributed by atoms with Crippen LogP contribution in [0.3, 0.4) is 0 Å². The number of quaternary nitrogens is 1. The first kappa shape index (κ1) is 19.3. The first-order valence-corrected chi connectivity index (χ1v) is 7.89. The molecule has 1 unspecified atom stereocenters. The second-order valence-electron chi connectivity index (χ2n) is 5.40. The lowest BCUT2D eigenvalue weighted by Gasteiger charge is -2.34. The average molecular weight is 310 g/mol. The highest BCUT2D eigenvalue weighted by molar-refractivity contribution is 7.46. The molecule has 1 atom stereocenters. The third kappa shape index (κ3) is 10.1. The molecule has 118 valence electrons. The van der Waals surface area contributed by atoms with Crippen molar-refractivity contribution < 1.29 is 32.9 Å². The van der Waals surface area contributed by atoms with Gasteiger partial charge in [-0.15, -0.1) is 0 Å². The Bertz CT molecular complexity index is 359. The van der Waals surface area contributed by atoms with Crippen LogP contribution in [0.1, 0.15) is 19.3 Å². The summed E-state index contributed by atoms with van der Waals surface area (Å²) in [6, 6.07) is 0.202. The SMILES string of the molecule is C=CC(=O)OCCC(CCCOP(=O)(O)O)[N+](C)(C)C. The predicted molar refractivity (Wildman–Crippen MR) is 74.8 cm³/mol. The first-order valence-electron chi connectivity index (χ1n) is 6.36. The van der Waals surface area contributed by atoms with Crippen molar-refractivity contribution in [3.8, 4) is 0 Å². The quantitative estimate of drug-likeness (QED) is 0.206. The molecule has 0 aliphatic rings. The third-order valence-corrected chi connectivity index (χ3v) is 3.42. The molecule has 0 amide bonds. The average Bonchev–Trinajstić information content (AvgIpc) is 2.28. The second kappa shape index (κ2) is 8.54. The molecule has 2 N–H and O–H groups in total. The van der Waals surface area contributed by atoms with Crippen LogP contribution in [0.4, 0.5) is 0 Å². The Morgan fingerprint density at radius 2 is 1.90 bits per heavy atom. The van der Waals surface area contributed by atoms with Crippen molar-refractivity contribution in [1.82, 2.24) is 0 Å². The Labute approximate surface area is 120 Å². The number of hydrogen-bond donors (Lipinski definition) is 2. The van der Waals surface area contributed by atoms with E-state index in [4.69, 9.17) is 14.5 Å². The monoisotopic (exact) mass is 310 g/mol. The van der Waals surface area contributed by atoms with Crippen LogP contribution < -0.4 is 0 Å². The number of carbonyl (C=O) groups excluding carboxylic acids is 1. The standard InChI is InChI=1S/C12H24NO6P/c1-5-12(14)18-10-8-11(13(2,3)4)7-6-9-19-20(15,16)17/h5,11H,1,6-10H2,2-4H3,(H-,15,16,17)/p+1. The van der Waals surface area contributed by atoms with Gasteiger partial charge in [0.15, 0.2) is 0 Å². The normalized spacial score (nSPS) is 13.8. The summed E-state index contributed by atoms with van der Waals surface area (Å²) in [5.74, 6) is -0.449. The van der Waals surface area contributed by atoms with Gasteiger partial charge in [0.25, 0.3) is 0 Å². The second-order valence-corrected chi connectivity index (χ2v) is 6.64. The van der Waals surface area contributed by atoms with Crippen LogP contribution in [0, 0.1) is 0 Å². The Balaban J connectivity index is 4.14. The lowest BCUT2D eigenvalue weighted by atomic mass is 10.1. The van der Waals surface area contributed by atoms with E-state index in [0.717, 1.165) is 12.5 Å². The molecular weight excluding hydrogens is 285 g/mol. The number of phosphoric acid groups is 1. The summed E-state index contributed by atoms with van der Waals surface area (Å²) in [5, 5.41) is 0. The fraction of sp³-hybridized carbons (Fsp3) is 0.750. The van der Waals surface area contributed by atoms with Gasteiger partial charge in [0.05, 0.1) is 40.4 Å². The fourth-order valence-corrected chi connectivity index (χ4v) is 2.14. The van der Waals surface area contributed by atoms with E-state index in [1.165, 1.54) is 0 Å². The minimum atomic E-state index is -4.39. The molecule has 0 bridgehead atoms. The molecule has 0 aromatic heterocycles. The van der Waals surface area contributed by atoms with Crippen molar-refractivity contribution in [2.45, 2.75) is 25.3 Å². The molecule has 0 aliphatic heterocycles. The van der Waals surface area contributed by atoms with Gasteiger partial charge in [-0.25, -0.2) is 9.36 Å². The van der Waals surface area contributed by atoms with Crippen molar-refractivity contribution in [3.05, 3.63) is 12.7 Å². The maximum atomic E-state index is 11.0. The van der Waals surface area contributed by atoms with Crippen molar-refractivity contribution in [3.63, 3.8) is 0 Å². The van der Waals surface area contributed by atoms with Crippen molar-refractivity contribution in [2.24, 2.45) is 0 Å². The van der Waals surface area contributed by atoms with Gasteiger partial charge in [-0.1, -0.05) is 6.58 Å². The van der Waals surface area contributed by atoms with Crippen LogP contribution in [0.15, 0.2) is 12.7 Å². The molecule has 0 spiro atoms. The zero-order chi connectivity index (χ0) is 15.8. The molecule has 0 saturated heterocycles. The zero-order valence-corrected chi connectivity index (χ0v) is 13.2. The van der Waals surface area contributed by atoms with E-state index in [0.29, 0.717) is 23.9 Å². The topological polar surface area (TPSA) is 93.1 Å². The molecule has 0 heterocycles. The minimum Gasteiger partial charge on any atom is -0.462 e. The van der Waals surface area contributed by atoms with E-state index in [-0.39, 0.29) is 12.6 Å². The van der Waals surface area contributed by atoms with Gasteiger partial charge in [0.1, 0.15) is 0 Å². The highest BCUT2D eigenvalue weighted by atomic mass is 31.2. The van der Waals surface area contributed by atoms with Gasteiger partial charge in [-0.05, 0) is 6.42 Å².